The molecular formula is C12H14F3N. The van der Waals surface area contributed by atoms with Crippen LogP contribution in [0.2, 0.25) is 0 Å². The zero-order valence-electron chi connectivity index (χ0n) is 8.85. The molecule has 1 aromatic rings. The van der Waals surface area contributed by atoms with E-state index in [0.717, 1.165) is 5.56 Å². The van der Waals surface area contributed by atoms with Gasteiger partial charge in [-0.1, -0.05) is 12.1 Å². The van der Waals surface area contributed by atoms with Crippen LogP contribution in [0.4, 0.5) is 13.2 Å². The van der Waals surface area contributed by atoms with E-state index >= 15 is 0 Å². The highest BCUT2D eigenvalue weighted by atomic mass is 19.3. The number of alkyl halides is 2. The molecule has 0 spiro atoms. The van der Waals surface area contributed by atoms with E-state index in [9.17, 15) is 13.2 Å². The van der Waals surface area contributed by atoms with Gasteiger partial charge in [0.2, 0.25) is 0 Å². The average Bonchev–Trinajstić information content (AvgIpc) is 2.81. The van der Waals surface area contributed by atoms with Crippen LogP contribution < -0.4 is 5.73 Å². The van der Waals surface area contributed by atoms with E-state index in [1.165, 1.54) is 12.1 Å². The molecule has 4 heteroatoms. The minimum absolute atomic E-state index is 0.0151. The summed E-state index contributed by atoms with van der Waals surface area (Å²) in [4.78, 5) is 0. The molecule has 1 aliphatic rings. The van der Waals surface area contributed by atoms with Crippen LogP contribution in [0.15, 0.2) is 24.3 Å². The van der Waals surface area contributed by atoms with E-state index in [4.69, 9.17) is 5.73 Å². The highest BCUT2D eigenvalue weighted by Gasteiger charge is 2.69. The van der Waals surface area contributed by atoms with Gasteiger partial charge >= 0.3 is 0 Å². The van der Waals surface area contributed by atoms with E-state index < -0.39 is 11.3 Å². The predicted molar refractivity (Wildman–Crippen MR) is 55.8 cm³/mol. The van der Waals surface area contributed by atoms with Crippen molar-refractivity contribution >= 4 is 0 Å². The van der Waals surface area contributed by atoms with Gasteiger partial charge in [-0.2, -0.15) is 0 Å². The number of halogens is 3. The van der Waals surface area contributed by atoms with Crippen molar-refractivity contribution in [2.24, 2.45) is 11.1 Å². The van der Waals surface area contributed by atoms with Crippen molar-refractivity contribution in [2.75, 3.05) is 6.54 Å². The van der Waals surface area contributed by atoms with Crippen molar-refractivity contribution < 1.29 is 13.2 Å². The molecule has 0 aliphatic heterocycles. The molecule has 1 fully saturated rings. The van der Waals surface area contributed by atoms with Crippen molar-refractivity contribution in [3.63, 3.8) is 0 Å². The number of hydrogen-bond acceptors (Lipinski definition) is 1. The molecule has 2 rings (SSSR count). The van der Waals surface area contributed by atoms with Crippen LogP contribution in [-0.4, -0.2) is 12.5 Å². The van der Waals surface area contributed by atoms with Gasteiger partial charge in [-0.25, -0.2) is 13.2 Å². The third kappa shape index (κ3) is 1.94. The van der Waals surface area contributed by atoms with Crippen molar-refractivity contribution in [2.45, 2.75) is 25.2 Å². The molecule has 1 unspecified atom stereocenters. The lowest BCUT2D eigenvalue weighted by molar-refractivity contribution is 0.0634. The monoisotopic (exact) mass is 229 g/mol. The Bertz CT molecular complexity index is 374. The minimum atomic E-state index is -2.61. The second kappa shape index (κ2) is 3.77. The van der Waals surface area contributed by atoms with E-state index in [1.807, 2.05) is 0 Å². The summed E-state index contributed by atoms with van der Waals surface area (Å²) in [6, 6.07) is 5.94. The Hall–Kier alpha value is -1.03. The number of hydrogen-bond donors (Lipinski definition) is 1. The lowest BCUT2D eigenvalue weighted by Crippen LogP contribution is -2.23. The van der Waals surface area contributed by atoms with Crippen molar-refractivity contribution in [3.8, 4) is 0 Å². The Labute approximate surface area is 92.5 Å². The van der Waals surface area contributed by atoms with Gasteiger partial charge in [0.05, 0.1) is 5.41 Å². The largest absolute Gasteiger partial charge is 0.330 e. The predicted octanol–water partition coefficient (Wildman–Crippen LogP) is 2.74. The Morgan fingerprint density at radius 3 is 2.19 bits per heavy atom. The quantitative estimate of drug-likeness (QED) is 0.844. The maximum atomic E-state index is 13.1. The van der Waals surface area contributed by atoms with E-state index in [1.54, 1.807) is 12.1 Å². The summed E-state index contributed by atoms with van der Waals surface area (Å²) in [7, 11) is 0. The summed E-state index contributed by atoms with van der Waals surface area (Å²) in [5.74, 6) is -2.92. The highest BCUT2D eigenvalue weighted by Crippen LogP contribution is 2.62. The van der Waals surface area contributed by atoms with Crippen LogP contribution in [0.3, 0.4) is 0 Å². The maximum absolute atomic E-state index is 13.1. The van der Waals surface area contributed by atoms with Crippen LogP contribution >= 0.6 is 0 Å². The lowest BCUT2D eigenvalue weighted by atomic mass is 9.96. The molecule has 1 saturated carbocycles. The molecule has 0 radical (unpaired) electrons. The van der Waals surface area contributed by atoms with Gasteiger partial charge in [0.15, 0.2) is 0 Å². The first-order valence-corrected chi connectivity index (χ1v) is 5.31. The lowest BCUT2D eigenvalue weighted by Gasteiger charge is -2.13. The molecule has 0 aromatic heterocycles. The van der Waals surface area contributed by atoms with Gasteiger partial charge in [-0.15, -0.1) is 0 Å². The van der Waals surface area contributed by atoms with Gasteiger partial charge < -0.3 is 5.73 Å². The summed E-state index contributed by atoms with van der Waals surface area (Å²) < 4.78 is 38.8. The van der Waals surface area contributed by atoms with Crippen molar-refractivity contribution in [1.29, 1.82) is 0 Å². The first-order valence-electron chi connectivity index (χ1n) is 5.31. The smallest absolute Gasteiger partial charge is 0.255 e. The summed E-state index contributed by atoms with van der Waals surface area (Å²) >= 11 is 0. The molecule has 1 atom stereocenters. The van der Waals surface area contributed by atoms with Crippen LogP contribution in [0.1, 0.15) is 18.4 Å². The van der Waals surface area contributed by atoms with Gasteiger partial charge in [-0.3, -0.25) is 0 Å². The second-order valence-corrected chi connectivity index (χ2v) is 4.49. The Morgan fingerprint density at radius 2 is 1.75 bits per heavy atom. The normalized spacial score (nSPS) is 26.8. The Kier molecular flexibility index (Phi) is 2.70. The second-order valence-electron chi connectivity index (χ2n) is 4.49. The average molecular weight is 229 g/mol. The number of rotatable bonds is 4. The molecule has 16 heavy (non-hydrogen) atoms. The standard InChI is InChI=1S/C12H14F3N/c13-10-3-1-9(2-4-10)5-6-11(8-16)7-12(11,14)15/h1-4H,5-8,16H2. The van der Waals surface area contributed by atoms with Gasteiger partial charge in [0, 0.05) is 13.0 Å². The molecule has 1 nitrogen and oxygen atoms in total. The fourth-order valence-electron chi connectivity index (χ4n) is 2.01. The fraction of sp³-hybridized carbons (Fsp3) is 0.500. The summed E-state index contributed by atoms with van der Waals surface area (Å²) in [5, 5.41) is 0. The van der Waals surface area contributed by atoms with E-state index in [-0.39, 0.29) is 18.8 Å². The van der Waals surface area contributed by atoms with Crippen molar-refractivity contribution in [3.05, 3.63) is 35.6 Å². The third-order valence-corrected chi connectivity index (χ3v) is 3.41. The SMILES string of the molecule is NCC1(CCc2ccc(F)cc2)CC1(F)F. The Morgan fingerprint density at radius 1 is 1.19 bits per heavy atom. The first-order chi connectivity index (χ1) is 7.49. The summed E-state index contributed by atoms with van der Waals surface area (Å²) in [6.07, 6.45) is 0.771. The maximum Gasteiger partial charge on any atom is 0.255 e. The topological polar surface area (TPSA) is 26.0 Å². The third-order valence-electron chi connectivity index (χ3n) is 3.41. The molecular weight excluding hydrogens is 215 g/mol. The molecule has 0 bridgehead atoms. The van der Waals surface area contributed by atoms with E-state index in [2.05, 4.69) is 0 Å². The zero-order valence-corrected chi connectivity index (χ0v) is 8.85. The Balaban J connectivity index is 1.95. The number of aryl methyl sites for hydroxylation is 1. The molecule has 1 aromatic carbocycles. The first kappa shape index (κ1) is 11.5. The number of nitrogens with two attached hydrogens (primary N) is 1. The highest BCUT2D eigenvalue weighted by molar-refractivity contribution is 5.18. The molecule has 88 valence electrons. The van der Waals surface area contributed by atoms with Gasteiger partial charge in [-0.05, 0) is 30.5 Å². The van der Waals surface area contributed by atoms with Gasteiger partial charge in [0.25, 0.3) is 5.92 Å². The van der Waals surface area contributed by atoms with Crippen LogP contribution in [-0.2, 0) is 6.42 Å². The number of benzene rings is 1. The van der Waals surface area contributed by atoms with Crippen LogP contribution in [0.25, 0.3) is 0 Å². The van der Waals surface area contributed by atoms with Gasteiger partial charge in [0.1, 0.15) is 5.82 Å². The molecule has 1 aliphatic carbocycles. The molecule has 0 amide bonds. The van der Waals surface area contributed by atoms with Crippen molar-refractivity contribution in [1.82, 2.24) is 0 Å². The summed E-state index contributed by atoms with van der Waals surface area (Å²) in [6.45, 7) is 0.0151. The molecule has 0 heterocycles. The van der Waals surface area contributed by atoms with Crippen LogP contribution in [0.5, 0.6) is 0 Å². The zero-order chi connectivity index (χ0) is 11.8. The minimum Gasteiger partial charge on any atom is -0.330 e. The molecule has 2 N–H and O–H groups in total. The van der Waals surface area contributed by atoms with E-state index in [0.29, 0.717) is 12.8 Å². The summed E-state index contributed by atoms with van der Waals surface area (Å²) in [5.41, 5.74) is 5.25. The molecule has 0 saturated heterocycles. The fourth-order valence-corrected chi connectivity index (χ4v) is 2.01. The van der Waals surface area contributed by atoms with Crippen LogP contribution in [0, 0.1) is 11.2 Å².